The molecule has 140 valence electrons. The number of carbonyl (C=O) groups excluding carboxylic acids is 2. The van der Waals surface area contributed by atoms with Crippen molar-refractivity contribution >= 4 is 23.0 Å². The first-order valence-electron chi connectivity index (χ1n) is 8.79. The van der Waals surface area contributed by atoms with Gasteiger partial charge in [-0.3, -0.25) is 9.59 Å². The van der Waals surface area contributed by atoms with Gasteiger partial charge in [-0.2, -0.15) is 0 Å². The van der Waals surface area contributed by atoms with Gasteiger partial charge in [0.1, 0.15) is 5.52 Å². The number of rotatable bonds is 4. The minimum absolute atomic E-state index is 0.136. The summed E-state index contributed by atoms with van der Waals surface area (Å²) >= 11 is 0. The van der Waals surface area contributed by atoms with Gasteiger partial charge in [-0.1, -0.05) is 13.8 Å². The van der Waals surface area contributed by atoms with Gasteiger partial charge in [0.05, 0.1) is 25.0 Å². The maximum absolute atomic E-state index is 12.8. The van der Waals surface area contributed by atoms with Crippen molar-refractivity contribution in [2.24, 2.45) is 5.92 Å². The fourth-order valence-corrected chi connectivity index (χ4v) is 3.05. The van der Waals surface area contributed by atoms with Gasteiger partial charge in [0, 0.05) is 33.4 Å². The van der Waals surface area contributed by atoms with Crippen LogP contribution in [0.15, 0.2) is 18.6 Å². The third kappa shape index (κ3) is 3.70. The number of ether oxygens (including phenoxy) is 1. The van der Waals surface area contributed by atoms with Crippen molar-refractivity contribution in [3.05, 3.63) is 24.2 Å². The third-order valence-corrected chi connectivity index (χ3v) is 4.33. The molecule has 1 aliphatic rings. The van der Waals surface area contributed by atoms with Crippen molar-refractivity contribution in [1.82, 2.24) is 24.3 Å². The van der Waals surface area contributed by atoms with Crippen LogP contribution in [0.3, 0.4) is 0 Å². The summed E-state index contributed by atoms with van der Waals surface area (Å²) in [5.41, 5.74) is 1.95. The standard InChI is InChI=1S/C18H25N5O3/c1-12(2)9-23-11-20-14-7-13(8-19-16(14)23)17(24)22-5-6-26-15(10-22)18(25)21(3)4/h7-8,11-12,15H,5-6,9-10H2,1-4H3. The van der Waals surface area contributed by atoms with Crippen LogP contribution in [0.4, 0.5) is 0 Å². The van der Waals surface area contributed by atoms with E-state index in [1.807, 2.05) is 4.57 Å². The van der Waals surface area contributed by atoms with Crippen molar-refractivity contribution in [3.8, 4) is 0 Å². The van der Waals surface area contributed by atoms with Gasteiger partial charge in [0.2, 0.25) is 0 Å². The Morgan fingerprint density at radius 3 is 2.81 bits per heavy atom. The van der Waals surface area contributed by atoms with Crippen molar-refractivity contribution in [1.29, 1.82) is 0 Å². The highest BCUT2D eigenvalue weighted by Crippen LogP contribution is 2.17. The van der Waals surface area contributed by atoms with Crippen LogP contribution < -0.4 is 0 Å². The molecule has 1 atom stereocenters. The molecule has 0 saturated carbocycles. The average Bonchev–Trinajstić information content (AvgIpc) is 3.02. The molecule has 8 nitrogen and oxygen atoms in total. The molecule has 26 heavy (non-hydrogen) atoms. The van der Waals surface area contributed by atoms with Crippen molar-refractivity contribution in [2.75, 3.05) is 33.8 Å². The lowest BCUT2D eigenvalue weighted by Crippen LogP contribution is -2.51. The fourth-order valence-electron chi connectivity index (χ4n) is 3.05. The van der Waals surface area contributed by atoms with Crippen LogP contribution in [-0.4, -0.2) is 76.0 Å². The van der Waals surface area contributed by atoms with Gasteiger partial charge < -0.3 is 19.1 Å². The van der Waals surface area contributed by atoms with E-state index in [2.05, 4.69) is 23.8 Å². The van der Waals surface area contributed by atoms with E-state index >= 15 is 0 Å². The molecular formula is C18H25N5O3. The molecule has 3 heterocycles. The average molecular weight is 359 g/mol. The number of likely N-dealkylation sites (N-methyl/N-ethyl adjacent to an activating group) is 1. The van der Waals surface area contributed by atoms with Crippen LogP contribution in [0.5, 0.6) is 0 Å². The van der Waals surface area contributed by atoms with E-state index in [0.29, 0.717) is 30.1 Å². The van der Waals surface area contributed by atoms with Crippen LogP contribution >= 0.6 is 0 Å². The monoisotopic (exact) mass is 359 g/mol. The molecule has 2 aromatic rings. The highest BCUT2D eigenvalue weighted by molar-refractivity contribution is 5.96. The van der Waals surface area contributed by atoms with Crippen LogP contribution in [0.2, 0.25) is 0 Å². The maximum atomic E-state index is 12.8. The quantitative estimate of drug-likeness (QED) is 0.814. The van der Waals surface area contributed by atoms with Crippen LogP contribution in [-0.2, 0) is 16.1 Å². The number of pyridine rings is 1. The highest BCUT2D eigenvalue weighted by atomic mass is 16.5. The molecule has 0 bridgehead atoms. The summed E-state index contributed by atoms with van der Waals surface area (Å²) in [6.45, 7) is 6.13. The van der Waals surface area contributed by atoms with E-state index in [1.165, 1.54) is 4.90 Å². The number of hydrogen-bond donors (Lipinski definition) is 0. The van der Waals surface area contributed by atoms with Gasteiger partial charge >= 0.3 is 0 Å². The van der Waals surface area contributed by atoms with Gasteiger partial charge in [-0.05, 0) is 12.0 Å². The van der Waals surface area contributed by atoms with Crippen LogP contribution in [0.1, 0.15) is 24.2 Å². The first-order valence-corrected chi connectivity index (χ1v) is 8.79. The molecule has 1 unspecified atom stereocenters. The molecule has 1 fully saturated rings. The van der Waals surface area contributed by atoms with Crippen molar-refractivity contribution in [2.45, 2.75) is 26.5 Å². The Balaban J connectivity index is 1.78. The van der Waals surface area contributed by atoms with E-state index in [1.54, 1.807) is 37.6 Å². The van der Waals surface area contributed by atoms with Gasteiger partial charge in [-0.25, -0.2) is 9.97 Å². The van der Waals surface area contributed by atoms with Crippen molar-refractivity contribution < 1.29 is 14.3 Å². The lowest BCUT2D eigenvalue weighted by Gasteiger charge is -2.33. The van der Waals surface area contributed by atoms with Crippen LogP contribution in [0, 0.1) is 5.92 Å². The Morgan fingerprint density at radius 2 is 2.12 bits per heavy atom. The molecule has 0 aliphatic carbocycles. The maximum Gasteiger partial charge on any atom is 0.255 e. The van der Waals surface area contributed by atoms with E-state index in [0.717, 1.165) is 12.2 Å². The zero-order valence-electron chi connectivity index (χ0n) is 15.7. The van der Waals surface area contributed by atoms with Gasteiger partial charge in [0.15, 0.2) is 11.8 Å². The number of hydrogen-bond acceptors (Lipinski definition) is 5. The fraction of sp³-hybridized carbons (Fsp3) is 0.556. The molecule has 8 heteroatoms. The predicted molar refractivity (Wildman–Crippen MR) is 96.7 cm³/mol. The molecule has 1 saturated heterocycles. The molecule has 0 aromatic carbocycles. The number of carbonyl (C=O) groups is 2. The normalized spacial score (nSPS) is 17.7. The molecule has 1 aliphatic heterocycles. The Morgan fingerprint density at radius 1 is 1.35 bits per heavy atom. The Labute approximate surface area is 152 Å². The predicted octanol–water partition coefficient (Wildman–Crippen LogP) is 1.02. The summed E-state index contributed by atoms with van der Waals surface area (Å²) in [5.74, 6) is 0.191. The minimum Gasteiger partial charge on any atom is -0.365 e. The van der Waals surface area contributed by atoms with Crippen molar-refractivity contribution in [3.63, 3.8) is 0 Å². The number of aromatic nitrogens is 3. The summed E-state index contributed by atoms with van der Waals surface area (Å²) in [5, 5.41) is 0. The summed E-state index contributed by atoms with van der Waals surface area (Å²) in [6.07, 6.45) is 2.72. The van der Waals surface area contributed by atoms with E-state index in [-0.39, 0.29) is 18.4 Å². The van der Waals surface area contributed by atoms with Crippen LogP contribution in [0.25, 0.3) is 11.2 Å². The second-order valence-electron chi connectivity index (χ2n) is 7.20. The number of nitrogens with zero attached hydrogens (tertiary/aromatic N) is 5. The topological polar surface area (TPSA) is 80.6 Å². The minimum atomic E-state index is -0.621. The summed E-state index contributed by atoms with van der Waals surface area (Å²) in [4.78, 5) is 36.9. The second kappa shape index (κ2) is 7.41. The summed E-state index contributed by atoms with van der Waals surface area (Å²) < 4.78 is 7.51. The SMILES string of the molecule is CC(C)Cn1cnc2cc(C(=O)N3CCOC(C(=O)N(C)C)C3)cnc21. The first-order chi connectivity index (χ1) is 12.4. The molecule has 2 aromatic heterocycles. The molecule has 0 N–H and O–H groups in total. The Kier molecular flexibility index (Phi) is 5.22. The van der Waals surface area contributed by atoms with Gasteiger partial charge in [0.25, 0.3) is 11.8 Å². The van der Waals surface area contributed by atoms with Gasteiger partial charge in [-0.15, -0.1) is 0 Å². The lowest BCUT2D eigenvalue weighted by atomic mass is 10.2. The number of amides is 2. The largest absolute Gasteiger partial charge is 0.365 e. The number of imidazole rings is 1. The molecular weight excluding hydrogens is 334 g/mol. The lowest BCUT2D eigenvalue weighted by molar-refractivity contribution is -0.145. The number of fused-ring (bicyclic) bond motifs is 1. The molecule has 3 rings (SSSR count). The van der Waals surface area contributed by atoms with E-state index in [4.69, 9.17) is 4.74 Å². The summed E-state index contributed by atoms with van der Waals surface area (Å²) in [6, 6.07) is 1.76. The zero-order valence-corrected chi connectivity index (χ0v) is 15.7. The Hall–Kier alpha value is -2.48. The molecule has 0 radical (unpaired) electrons. The zero-order chi connectivity index (χ0) is 18.8. The van der Waals surface area contributed by atoms with E-state index in [9.17, 15) is 9.59 Å². The first kappa shape index (κ1) is 18.3. The number of morpholine rings is 1. The van der Waals surface area contributed by atoms with E-state index < -0.39 is 6.10 Å². The molecule has 2 amide bonds. The molecule has 0 spiro atoms. The highest BCUT2D eigenvalue weighted by Gasteiger charge is 2.30. The Bertz CT molecular complexity index is 814. The third-order valence-electron chi connectivity index (χ3n) is 4.33. The smallest absolute Gasteiger partial charge is 0.255 e. The summed E-state index contributed by atoms with van der Waals surface area (Å²) in [7, 11) is 3.36. The second-order valence-corrected chi connectivity index (χ2v) is 7.20.